The van der Waals surface area contributed by atoms with E-state index in [2.05, 4.69) is 10.3 Å². The van der Waals surface area contributed by atoms with Crippen LogP contribution in [0.25, 0.3) is 10.2 Å². The highest BCUT2D eigenvalue weighted by atomic mass is 35.5. The summed E-state index contributed by atoms with van der Waals surface area (Å²) in [5.74, 6) is -0.293. The maximum atomic E-state index is 13.1. The van der Waals surface area contributed by atoms with Gasteiger partial charge in [-0.2, -0.15) is 0 Å². The summed E-state index contributed by atoms with van der Waals surface area (Å²) in [5, 5.41) is 3.87. The highest BCUT2D eigenvalue weighted by molar-refractivity contribution is 7.20. The van der Waals surface area contributed by atoms with Crippen LogP contribution in [0, 0.1) is 20.8 Å². The van der Waals surface area contributed by atoms with Crippen molar-refractivity contribution < 1.29 is 4.79 Å². The van der Waals surface area contributed by atoms with E-state index >= 15 is 0 Å². The summed E-state index contributed by atoms with van der Waals surface area (Å²) in [4.78, 5) is 31.5. The van der Waals surface area contributed by atoms with E-state index in [-0.39, 0.29) is 11.5 Å². The van der Waals surface area contributed by atoms with Gasteiger partial charge in [0.1, 0.15) is 4.83 Å². The lowest BCUT2D eigenvalue weighted by Gasteiger charge is -2.11. The summed E-state index contributed by atoms with van der Waals surface area (Å²) >= 11 is 7.55. The van der Waals surface area contributed by atoms with Gasteiger partial charge in [-0.3, -0.25) is 14.2 Å². The number of hydrogen-bond acceptors (Lipinski definition) is 4. The van der Waals surface area contributed by atoms with E-state index in [1.807, 2.05) is 56.3 Å². The Balaban J connectivity index is 1.71. The van der Waals surface area contributed by atoms with Crippen molar-refractivity contribution in [3.05, 3.63) is 91.3 Å². The molecule has 0 unspecified atom stereocenters. The summed E-state index contributed by atoms with van der Waals surface area (Å²) in [6, 6.07) is 13.5. The van der Waals surface area contributed by atoms with Gasteiger partial charge in [0.2, 0.25) is 0 Å². The Morgan fingerprint density at radius 2 is 1.90 bits per heavy atom. The molecule has 1 N–H and O–H groups in total. The Morgan fingerprint density at radius 3 is 2.60 bits per heavy atom. The van der Waals surface area contributed by atoms with E-state index in [1.54, 1.807) is 11.5 Å². The fourth-order valence-corrected chi connectivity index (χ4v) is 4.92. The largest absolute Gasteiger partial charge is 0.320 e. The van der Waals surface area contributed by atoms with Gasteiger partial charge in [0, 0.05) is 0 Å². The van der Waals surface area contributed by atoms with E-state index in [9.17, 15) is 9.59 Å². The van der Waals surface area contributed by atoms with Crippen molar-refractivity contribution in [3.63, 3.8) is 0 Å². The fourth-order valence-electron chi connectivity index (χ4n) is 3.51. The maximum Gasteiger partial charge on any atom is 0.266 e. The molecule has 2 heterocycles. The molecule has 0 fully saturated rings. The van der Waals surface area contributed by atoms with Crippen molar-refractivity contribution in [3.8, 4) is 0 Å². The zero-order chi connectivity index (χ0) is 21.4. The van der Waals surface area contributed by atoms with Crippen LogP contribution in [0.3, 0.4) is 0 Å². The minimum atomic E-state index is -0.293. The lowest BCUT2D eigenvalue weighted by atomic mass is 10.1. The first-order chi connectivity index (χ1) is 14.3. The van der Waals surface area contributed by atoms with E-state index in [4.69, 9.17) is 11.6 Å². The average molecular weight is 438 g/mol. The molecular formula is C23H20ClN3O2S. The molecule has 0 saturated heterocycles. The third-order valence-corrected chi connectivity index (χ3v) is 6.49. The lowest BCUT2D eigenvalue weighted by molar-refractivity contribution is 0.103. The summed E-state index contributed by atoms with van der Waals surface area (Å²) in [6.07, 6.45) is 1.54. The highest BCUT2D eigenvalue weighted by Gasteiger charge is 2.21. The predicted octanol–water partition coefficient (Wildman–Crippen LogP) is 5.34. The Hall–Kier alpha value is -2.96. The number of aromatic nitrogens is 2. The predicted molar refractivity (Wildman–Crippen MR) is 123 cm³/mol. The van der Waals surface area contributed by atoms with Gasteiger partial charge in [-0.05, 0) is 49.1 Å². The SMILES string of the molecule is Cc1cc(C)c(NC(=O)c2sc3ncn(Cc4ccccc4)c(=O)c3c2C)c(Cl)c1. The third-order valence-electron chi connectivity index (χ3n) is 4.99. The minimum absolute atomic E-state index is 0.152. The second-order valence-electron chi connectivity index (χ2n) is 7.29. The van der Waals surface area contributed by atoms with Gasteiger partial charge < -0.3 is 5.32 Å². The van der Waals surface area contributed by atoms with E-state index in [0.29, 0.717) is 37.9 Å². The smallest absolute Gasteiger partial charge is 0.266 e. The zero-order valence-electron chi connectivity index (χ0n) is 16.8. The molecular weight excluding hydrogens is 418 g/mol. The van der Waals surface area contributed by atoms with Crippen LogP contribution >= 0.6 is 22.9 Å². The monoisotopic (exact) mass is 437 g/mol. The zero-order valence-corrected chi connectivity index (χ0v) is 18.4. The number of benzene rings is 2. The summed E-state index contributed by atoms with van der Waals surface area (Å²) in [6.45, 7) is 6.06. The van der Waals surface area contributed by atoms with Gasteiger partial charge >= 0.3 is 0 Å². The molecule has 7 heteroatoms. The number of aryl methyl sites for hydroxylation is 3. The molecule has 0 saturated carbocycles. The quantitative estimate of drug-likeness (QED) is 0.468. The number of halogens is 1. The molecule has 4 aromatic rings. The number of anilines is 1. The second kappa shape index (κ2) is 8.05. The van der Waals surface area contributed by atoms with Crippen LogP contribution in [-0.4, -0.2) is 15.5 Å². The molecule has 4 rings (SSSR count). The molecule has 0 bridgehead atoms. The molecule has 0 atom stereocenters. The molecule has 0 aliphatic carbocycles. The molecule has 1 amide bonds. The topological polar surface area (TPSA) is 64.0 Å². The number of fused-ring (bicyclic) bond motifs is 1. The Bertz CT molecular complexity index is 1300. The first kappa shape index (κ1) is 20.3. The van der Waals surface area contributed by atoms with E-state index in [1.165, 1.54) is 17.7 Å². The minimum Gasteiger partial charge on any atom is -0.320 e. The molecule has 0 spiro atoms. The molecule has 0 aliphatic heterocycles. The van der Waals surface area contributed by atoms with E-state index in [0.717, 1.165) is 16.7 Å². The number of nitrogens with one attached hydrogen (secondary N) is 1. The van der Waals surface area contributed by atoms with Crippen LogP contribution < -0.4 is 10.9 Å². The van der Waals surface area contributed by atoms with Crippen LogP contribution in [-0.2, 0) is 6.54 Å². The molecule has 30 heavy (non-hydrogen) atoms. The first-order valence-electron chi connectivity index (χ1n) is 9.45. The van der Waals surface area contributed by atoms with Crippen LogP contribution in [0.2, 0.25) is 5.02 Å². The van der Waals surface area contributed by atoms with Gasteiger partial charge in [0.15, 0.2) is 0 Å². The Kier molecular flexibility index (Phi) is 5.45. The van der Waals surface area contributed by atoms with E-state index < -0.39 is 0 Å². The number of amides is 1. The van der Waals surface area contributed by atoms with Gasteiger partial charge in [0.25, 0.3) is 11.5 Å². The number of hydrogen-bond donors (Lipinski definition) is 1. The van der Waals surface area contributed by atoms with Crippen LogP contribution in [0.15, 0.2) is 53.6 Å². The fraction of sp³-hybridized carbons (Fsp3) is 0.174. The number of carbonyl (C=O) groups excluding carboxylic acids is 1. The van der Waals surface area contributed by atoms with Crippen LogP contribution in [0.5, 0.6) is 0 Å². The highest BCUT2D eigenvalue weighted by Crippen LogP contribution is 2.31. The van der Waals surface area contributed by atoms with Crippen molar-refractivity contribution in [1.29, 1.82) is 0 Å². The van der Waals surface area contributed by atoms with Crippen molar-refractivity contribution in [2.75, 3.05) is 5.32 Å². The van der Waals surface area contributed by atoms with Crippen molar-refractivity contribution >= 4 is 44.7 Å². The summed E-state index contributed by atoms with van der Waals surface area (Å²) in [5.41, 5.74) is 3.98. The molecule has 5 nitrogen and oxygen atoms in total. The van der Waals surface area contributed by atoms with Crippen LogP contribution in [0.1, 0.15) is 31.9 Å². The van der Waals surface area contributed by atoms with Gasteiger partial charge in [0.05, 0.1) is 33.8 Å². The summed E-state index contributed by atoms with van der Waals surface area (Å²) < 4.78 is 1.57. The van der Waals surface area contributed by atoms with Crippen molar-refractivity contribution in [2.24, 2.45) is 0 Å². The van der Waals surface area contributed by atoms with Gasteiger partial charge in [-0.1, -0.05) is 48.0 Å². The second-order valence-corrected chi connectivity index (χ2v) is 8.70. The van der Waals surface area contributed by atoms with Gasteiger partial charge in [-0.25, -0.2) is 4.98 Å². The van der Waals surface area contributed by atoms with Crippen molar-refractivity contribution in [2.45, 2.75) is 27.3 Å². The van der Waals surface area contributed by atoms with Crippen molar-refractivity contribution in [1.82, 2.24) is 9.55 Å². The first-order valence-corrected chi connectivity index (χ1v) is 10.6. The third kappa shape index (κ3) is 3.76. The molecule has 2 aromatic heterocycles. The maximum absolute atomic E-state index is 13.1. The normalized spacial score (nSPS) is 11.1. The molecule has 0 radical (unpaired) electrons. The van der Waals surface area contributed by atoms with Crippen LogP contribution in [0.4, 0.5) is 5.69 Å². The summed E-state index contributed by atoms with van der Waals surface area (Å²) in [7, 11) is 0. The average Bonchev–Trinajstić information content (AvgIpc) is 3.05. The molecule has 2 aromatic carbocycles. The number of carbonyl (C=O) groups is 1. The number of nitrogens with zero attached hydrogens (tertiary/aromatic N) is 2. The number of thiophene rings is 1. The molecule has 152 valence electrons. The lowest BCUT2D eigenvalue weighted by Crippen LogP contribution is -2.21. The Labute approximate surface area is 183 Å². The Morgan fingerprint density at radius 1 is 1.17 bits per heavy atom. The number of rotatable bonds is 4. The standard InChI is InChI=1S/C23H20ClN3O2S/c1-13-9-14(2)19(17(24)10-13)26-21(28)20-15(3)18-22(30-20)25-12-27(23(18)29)11-16-7-5-4-6-8-16/h4-10,12H,11H2,1-3H3,(H,26,28). The van der Waals surface area contributed by atoms with Gasteiger partial charge in [-0.15, -0.1) is 11.3 Å². The molecule has 0 aliphatic rings.